The SMILES string of the molecule is CC(C)Oc1ccc(-c2nc(O[C@@H]3C[C@H]4C(=O)N[C@]5(C(=O)NS(=O)(=O)C6CC6)C[C@H]5/C=C\CCCCC[C@H](Nc5ccc(C#N)cc5)C(=O)N4C3)c3sc4ccccc4c3n2)cc1. The minimum atomic E-state index is -3.90. The Bertz CT molecular complexity index is 2750. The third kappa shape index (κ3) is 8.94. The first kappa shape index (κ1) is 42.3. The number of ether oxygens (including phenoxy) is 2. The van der Waals surface area contributed by atoms with Crippen LogP contribution in [0.1, 0.15) is 77.2 Å². The number of nitrogens with one attached hydrogen (secondary N) is 3. The van der Waals surface area contributed by atoms with E-state index in [-0.39, 0.29) is 31.4 Å². The van der Waals surface area contributed by atoms with Gasteiger partial charge in [-0.15, -0.1) is 11.3 Å². The van der Waals surface area contributed by atoms with Crippen LogP contribution in [0, 0.1) is 17.2 Å². The standard InChI is InChI=1S/C47H49N7O7S2/c1-28(2)60-33-20-16-30(17-21-33)42-50-40-36-11-8-9-13-39(36)62-41(40)44(51-42)61-34-24-38-43(55)52-47(46(57)53-63(58,59)35-22-23-35)25-31(47)10-6-4-3-5-7-12-37(45(56)54(38)27-34)49-32-18-14-29(26-48)15-19-32/h6,8-11,13-21,28,31,34-35,37-38,49H,3-5,7,12,22-25,27H2,1-2H3,(H,52,55)(H,53,57)/b10-6-/t31-,34-,37+,38+,47-/m1/s1. The Morgan fingerprint density at radius 1 is 1.00 bits per heavy atom. The molecule has 4 aliphatic rings. The molecule has 3 aromatic carbocycles. The van der Waals surface area contributed by atoms with Gasteiger partial charge < -0.3 is 25.0 Å². The minimum absolute atomic E-state index is 0.00551. The van der Waals surface area contributed by atoms with E-state index in [0.717, 1.165) is 46.0 Å². The van der Waals surface area contributed by atoms with Gasteiger partial charge in [-0.3, -0.25) is 19.1 Å². The summed E-state index contributed by atoms with van der Waals surface area (Å²) in [4.78, 5) is 55.1. The van der Waals surface area contributed by atoms with Gasteiger partial charge in [0.25, 0.3) is 5.91 Å². The number of thiophene rings is 1. The maximum absolute atomic E-state index is 14.9. The molecule has 14 nitrogen and oxygen atoms in total. The molecule has 4 heterocycles. The molecule has 3 N–H and O–H groups in total. The third-order valence-electron chi connectivity index (χ3n) is 12.1. The molecule has 5 atom stereocenters. The van der Waals surface area contributed by atoms with Crippen LogP contribution in [0.15, 0.2) is 84.9 Å². The van der Waals surface area contributed by atoms with Gasteiger partial charge in [0.2, 0.25) is 27.7 Å². The monoisotopic (exact) mass is 887 g/mol. The summed E-state index contributed by atoms with van der Waals surface area (Å²) < 4.78 is 42.7. The Hall–Kier alpha value is -6.05. The van der Waals surface area contributed by atoms with Crippen LogP contribution in [0.4, 0.5) is 5.69 Å². The van der Waals surface area contributed by atoms with Crippen LogP contribution in [-0.2, 0) is 24.4 Å². The lowest BCUT2D eigenvalue weighted by Crippen LogP contribution is -2.57. The van der Waals surface area contributed by atoms with Crippen molar-refractivity contribution in [2.75, 3.05) is 11.9 Å². The number of carbonyl (C=O) groups is 3. The molecule has 2 aromatic heterocycles. The molecule has 0 spiro atoms. The molecular weight excluding hydrogens is 839 g/mol. The van der Waals surface area contributed by atoms with Gasteiger partial charge >= 0.3 is 0 Å². The van der Waals surface area contributed by atoms with Crippen LogP contribution in [0.25, 0.3) is 31.7 Å². The number of nitriles is 1. The molecule has 16 heteroatoms. The molecule has 5 aromatic rings. The number of fused-ring (bicyclic) bond motifs is 5. The number of hydrogen-bond donors (Lipinski definition) is 3. The highest BCUT2D eigenvalue weighted by molar-refractivity contribution is 7.91. The Balaban J connectivity index is 1.07. The van der Waals surface area contributed by atoms with E-state index in [1.165, 1.54) is 16.2 Å². The number of aromatic nitrogens is 2. The lowest BCUT2D eigenvalue weighted by atomic mass is 10.0. The fourth-order valence-corrected chi connectivity index (χ4v) is 11.0. The van der Waals surface area contributed by atoms with Crippen molar-refractivity contribution in [3.8, 4) is 29.1 Å². The molecule has 1 saturated heterocycles. The first-order chi connectivity index (χ1) is 30.4. The van der Waals surface area contributed by atoms with Gasteiger partial charge in [-0.2, -0.15) is 10.2 Å². The number of benzene rings is 3. The largest absolute Gasteiger partial charge is 0.491 e. The topological polar surface area (TPSA) is 193 Å². The Morgan fingerprint density at radius 3 is 2.52 bits per heavy atom. The number of hydrogen-bond acceptors (Lipinski definition) is 12. The number of amides is 3. The number of anilines is 1. The van der Waals surface area contributed by atoms with Crippen LogP contribution >= 0.6 is 11.3 Å². The molecular formula is C47H49N7O7S2. The third-order valence-corrected chi connectivity index (χ3v) is 15.1. The maximum Gasteiger partial charge on any atom is 0.259 e. The number of allylic oxidation sites excluding steroid dienone is 1. The summed E-state index contributed by atoms with van der Waals surface area (Å²) in [7, 11) is -3.90. The molecule has 9 rings (SSSR count). The van der Waals surface area contributed by atoms with E-state index in [0.29, 0.717) is 53.5 Å². The maximum atomic E-state index is 14.9. The zero-order valence-electron chi connectivity index (χ0n) is 35.1. The van der Waals surface area contributed by atoms with Crippen molar-refractivity contribution in [2.45, 2.75) is 107 Å². The average Bonchev–Trinajstić information content (AvgIpc) is 4.17. The zero-order chi connectivity index (χ0) is 43.9. The van der Waals surface area contributed by atoms with Crippen LogP contribution < -0.4 is 24.8 Å². The normalized spacial score (nSPS) is 24.6. The fraction of sp³-hybridized carbons (Fsp3) is 0.404. The Labute approximate surface area is 370 Å². The van der Waals surface area contributed by atoms with Gasteiger partial charge in [0.05, 0.1) is 35.0 Å². The van der Waals surface area contributed by atoms with E-state index in [4.69, 9.17) is 19.4 Å². The molecule has 3 amide bonds. The van der Waals surface area contributed by atoms with Crippen LogP contribution in [-0.4, -0.2) is 82.6 Å². The van der Waals surface area contributed by atoms with Crippen molar-refractivity contribution >= 4 is 65.1 Å². The molecule has 0 bridgehead atoms. The van der Waals surface area contributed by atoms with Crippen molar-refractivity contribution < 1.29 is 32.3 Å². The summed E-state index contributed by atoms with van der Waals surface area (Å²) in [5, 5.41) is 16.1. The molecule has 63 heavy (non-hydrogen) atoms. The summed E-state index contributed by atoms with van der Waals surface area (Å²) in [5.74, 6) is -0.608. The van der Waals surface area contributed by atoms with Crippen LogP contribution in [0.3, 0.4) is 0 Å². The van der Waals surface area contributed by atoms with Crippen molar-refractivity contribution in [3.63, 3.8) is 0 Å². The van der Waals surface area contributed by atoms with Gasteiger partial charge in [0.1, 0.15) is 34.2 Å². The average molecular weight is 888 g/mol. The van der Waals surface area contributed by atoms with E-state index >= 15 is 0 Å². The summed E-state index contributed by atoms with van der Waals surface area (Å²) in [6.45, 7) is 3.96. The fourth-order valence-electron chi connectivity index (χ4n) is 8.58. The van der Waals surface area contributed by atoms with Gasteiger partial charge in [0, 0.05) is 33.7 Å². The van der Waals surface area contributed by atoms with Crippen molar-refractivity contribution in [1.82, 2.24) is 24.9 Å². The molecule has 2 aliphatic heterocycles. The predicted octanol–water partition coefficient (Wildman–Crippen LogP) is 7.00. The van der Waals surface area contributed by atoms with E-state index in [1.54, 1.807) is 24.3 Å². The number of nitrogens with zero attached hydrogens (tertiary/aromatic N) is 4. The van der Waals surface area contributed by atoms with E-state index < -0.39 is 56.7 Å². The molecule has 0 unspecified atom stereocenters. The first-order valence-electron chi connectivity index (χ1n) is 21.7. The van der Waals surface area contributed by atoms with Crippen molar-refractivity contribution in [1.29, 1.82) is 5.26 Å². The molecule has 3 fully saturated rings. The van der Waals surface area contributed by atoms with Gasteiger partial charge in [-0.05, 0) is 107 Å². The molecule has 0 radical (unpaired) electrons. The summed E-state index contributed by atoms with van der Waals surface area (Å²) in [6.07, 6.45) is 8.06. The highest BCUT2D eigenvalue weighted by Crippen LogP contribution is 2.46. The highest BCUT2D eigenvalue weighted by atomic mass is 32.2. The quantitative estimate of drug-likeness (QED) is 0.122. The van der Waals surface area contributed by atoms with Gasteiger partial charge in [-0.1, -0.05) is 43.2 Å². The van der Waals surface area contributed by atoms with E-state index in [1.807, 2.05) is 74.5 Å². The molecule has 2 saturated carbocycles. The number of rotatable bonds is 10. The van der Waals surface area contributed by atoms with E-state index in [9.17, 15) is 28.1 Å². The second-order valence-corrected chi connectivity index (χ2v) is 20.2. The minimum Gasteiger partial charge on any atom is -0.491 e. The summed E-state index contributed by atoms with van der Waals surface area (Å²) in [5.41, 5.74) is 1.10. The Kier molecular flexibility index (Phi) is 11.6. The highest BCUT2D eigenvalue weighted by Gasteiger charge is 2.62. The van der Waals surface area contributed by atoms with E-state index in [2.05, 4.69) is 21.4 Å². The predicted molar refractivity (Wildman–Crippen MR) is 241 cm³/mol. The van der Waals surface area contributed by atoms with Gasteiger partial charge in [-0.25, -0.2) is 13.4 Å². The zero-order valence-corrected chi connectivity index (χ0v) is 36.7. The van der Waals surface area contributed by atoms with Crippen LogP contribution in [0.2, 0.25) is 0 Å². The number of sulfonamides is 1. The van der Waals surface area contributed by atoms with Crippen LogP contribution in [0.5, 0.6) is 11.6 Å². The summed E-state index contributed by atoms with van der Waals surface area (Å²) >= 11 is 1.50. The molecule has 2 aliphatic carbocycles. The lowest BCUT2D eigenvalue weighted by molar-refractivity contribution is -0.140. The first-order valence-corrected chi connectivity index (χ1v) is 24.0. The van der Waals surface area contributed by atoms with Crippen molar-refractivity contribution in [3.05, 3.63) is 90.5 Å². The second-order valence-electron chi connectivity index (χ2n) is 17.2. The van der Waals surface area contributed by atoms with Crippen molar-refractivity contribution in [2.24, 2.45) is 5.92 Å². The molecule has 326 valence electrons. The Morgan fingerprint density at radius 2 is 1.78 bits per heavy atom. The van der Waals surface area contributed by atoms with Gasteiger partial charge in [0.15, 0.2) is 5.82 Å². The lowest BCUT2D eigenvalue weighted by Gasteiger charge is -2.30. The number of carbonyl (C=O) groups excluding carboxylic acids is 3. The summed E-state index contributed by atoms with van der Waals surface area (Å²) in [6, 6.07) is 22.7. The second kappa shape index (κ2) is 17.3. The smallest absolute Gasteiger partial charge is 0.259 e.